The summed E-state index contributed by atoms with van der Waals surface area (Å²) in [6.07, 6.45) is -4.48. The van der Waals surface area contributed by atoms with Crippen LogP contribution >= 0.6 is 11.5 Å². The van der Waals surface area contributed by atoms with E-state index in [2.05, 4.69) is 14.7 Å². The highest BCUT2D eigenvalue weighted by Gasteiger charge is 2.36. The number of rotatable bonds is 4. The monoisotopic (exact) mass is 268 g/mol. The van der Waals surface area contributed by atoms with E-state index in [0.717, 1.165) is 11.5 Å². The van der Waals surface area contributed by atoms with Gasteiger partial charge in [-0.3, -0.25) is 0 Å². The third kappa shape index (κ3) is 3.81. The Hall–Kier alpha value is -0.890. The maximum Gasteiger partial charge on any atom is 0.452 e. The second-order valence-electron chi connectivity index (χ2n) is 4.48. The molecule has 1 rings (SSSR count). The first-order chi connectivity index (χ1) is 7.63. The van der Waals surface area contributed by atoms with Crippen molar-refractivity contribution in [2.45, 2.75) is 25.6 Å². The summed E-state index contributed by atoms with van der Waals surface area (Å²) in [6.45, 7) is 4.45. The third-order valence-electron chi connectivity index (χ3n) is 2.56. The number of likely N-dealkylation sites (N-methyl/N-ethyl adjacent to an activating group) is 1. The number of nitrogens with zero attached hydrogens (tertiary/aromatic N) is 3. The summed E-state index contributed by atoms with van der Waals surface area (Å²) in [5.41, 5.74) is -0.177. The molecule has 4 nitrogen and oxygen atoms in total. The first-order valence-corrected chi connectivity index (χ1v) is 5.72. The van der Waals surface area contributed by atoms with Crippen LogP contribution in [0.2, 0.25) is 0 Å². The molecule has 0 atom stereocenters. The van der Waals surface area contributed by atoms with Gasteiger partial charge in [-0.25, -0.2) is 0 Å². The fourth-order valence-corrected chi connectivity index (χ4v) is 1.44. The van der Waals surface area contributed by atoms with E-state index in [1.54, 1.807) is 0 Å². The van der Waals surface area contributed by atoms with E-state index >= 15 is 0 Å². The van der Waals surface area contributed by atoms with Crippen molar-refractivity contribution < 1.29 is 13.2 Å². The maximum atomic E-state index is 12.2. The van der Waals surface area contributed by atoms with Gasteiger partial charge in [-0.15, -0.1) is 0 Å². The molecule has 0 saturated carbocycles. The number of anilines is 1. The Morgan fingerprint density at radius 1 is 1.29 bits per heavy atom. The second kappa shape index (κ2) is 4.77. The summed E-state index contributed by atoms with van der Waals surface area (Å²) in [7, 11) is 3.81. The van der Waals surface area contributed by atoms with Gasteiger partial charge >= 0.3 is 6.18 Å². The molecule has 0 aliphatic rings. The van der Waals surface area contributed by atoms with E-state index in [1.807, 2.05) is 32.8 Å². The Morgan fingerprint density at radius 2 is 1.88 bits per heavy atom. The van der Waals surface area contributed by atoms with Crippen LogP contribution < -0.4 is 5.32 Å². The minimum Gasteiger partial charge on any atom is -0.358 e. The number of halogens is 3. The lowest BCUT2D eigenvalue weighted by molar-refractivity contribution is -0.144. The molecule has 0 aliphatic heterocycles. The zero-order valence-electron chi connectivity index (χ0n) is 10.1. The SMILES string of the molecule is CN(C)C(C)(C)CNc1nc(C(F)(F)F)ns1. The standard InChI is InChI=1S/C9H15F3N4S/c1-8(2,16(3)4)5-13-7-14-6(15-17-7)9(10,11)12/h5H2,1-4H3,(H,13,14,15). The van der Waals surface area contributed by atoms with Crippen molar-refractivity contribution in [2.24, 2.45) is 0 Å². The fourth-order valence-electron chi connectivity index (χ4n) is 0.860. The molecule has 0 saturated heterocycles. The summed E-state index contributed by atoms with van der Waals surface area (Å²) >= 11 is 0.718. The zero-order chi connectivity index (χ0) is 13.3. The van der Waals surface area contributed by atoms with Crippen molar-refractivity contribution >= 4 is 16.7 Å². The van der Waals surface area contributed by atoms with Crippen LogP contribution in [-0.2, 0) is 6.18 Å². The quantitative estimate of drug-likeness (QED) is 0.909. The highest BCUT2D eigenvalue weighted by atomic mass is 32.1. The highest BCUT2D eigenvalue weighted by Crippen LogP contribution is 2.29. The van der Waals surface area contributed by atoms with E-state index in [9.17, 15) is 13.2 Å². The lowest BCUT2D eigenvalue weighted by Crippen LogP contribution is -2.44. The van der Waals surface area contributed by atoms with Crippen LogP contribution in [-0.4, -0.2) is 40.4 Å². The first-order valence-electron chi connectivity index (χ1n) is 4.95. The van der Waals surface area contributed by atoms with Crippen LogP contribution in [0.25, 0.3) is 0 Å². The first kappa shape index (κ1) is 14.2. The van der Waals surface area contributed by atoms with Gasteiger partial charge in [-0.2, -0.15) is 22.5 Å². The third-order valence-corrected chi connectivity index (χ3v) is 3.24. The highest BCUT2D eigenvalue weighted by molar-refractivity contribution is 7.09. The molecule has 1 aromatic heterocycles. The van der Waals surface area contributed by atoms with Gasteiger partial charge in [0.1, 0.15) is 0 Å². The molecule has 0 unspecified atom stereocenters. The topological polar surface area (TPSA) is 41.0 Å². The van der Waals surface area contributed by atoms with Gasteiger partial charge in [0.2, 0.25) is 11.0 Å². The number of alkyl halides is 3. The molecular formula is C9H15F3N4S. The normalized spacial score (nSPS) is 13.2. The molecule has 1 heterocycles. The molecular weight excluding hydrogens is 253 g/mol. The molecule has 0 amide bonds. The van der Waals surface area contributed by atoms with Crippen molar-refractivity contribution in [3.8, 4) is 0 Å². The van der Waals surface area contributed by atoms with Crippen LogP contribution in [0.4, 0.5) is 18.3 Å². The molecule has 17 heavy (non-hydrogen) atoms. The Morgan fingerprint density at radius 3 is 2.29 bits per heavy atom. The molecule has 98 valence electrons. The predicted octanol–water partition coefficient (Wildman–Crippen LogP) is 2.31. The summed E-state index contributed by atoms with van der Waals surface area (Å²) in [5.74, 6) is -1.09. The van der Waals surface area contributed by atoms with E-state index in [4.69, 9.17) is 0 Å². The molecule has 0 fully saturated rings. The largest absolute Gasteiger partial charge is 0.452 e. The van der Waals surface area contributed by atoms with Gasteiger partial charge in [0.25, 0.3) is 0 Å². The van der Waals surface area contributed by atoms with Crippen molar-refractivity contribution in [1.29, 1.82) is 0 Å². The van der Waals surface area contributed by atoms with E-state index in [0.29, 0.717) is 6.54 Å². The Bertz CT molecular complexity index is 373. The molecule has 0 radical (unpaired) electrons. The minimum absolute atomic E-state index is 0.177. The van der Waals surface area contributed by atoms with E-state index in [1.165, 1.54) is 0 Å². The van der Waals surface area contributed by atoms with Crippen LogP contribution in [0.5, 0.6) is 0 Å². The fraction of sp³-hybridized carbons (Fsp3) is 0.778. The lowest BCUT2D eigenvalue weighted by atomic mass is 10.1. The minimum atomic E-state index is -4.48. The van der Waals surface area contributed by atoms with Crippen molar-refractivity contribution in [3.05, 3.63) is 5.82 Å². The van der Waals surface area contributed by atoms with Gasteiger partial charge in [0.05, 0.1) is 0 Å². The van der Waals surface area contributed by atoms with Crippen LogP contribution in [0.15, 0.2) is 0 Å². The maximum absolute atomic E-state index is 12.2. The summed E-state index contributed by atoms with van der Waals surface area (Å²) in [4.78, 5) is 5.37. The average Bonchev–Trinajstić information content (AvgIpc) is 2.62. The number of aromatic nitrogens is 2. The Kier molecular flexibility index (Phi) is 3.98. The Labute approximate surface area is 102 Å². The summed E-state index contributed by atoms with van der Waals surface area (Å²) in [5, 5.41) is 3.05. The smallest absolute Gasteiger partial charge is 0.358 e. The molecule has 1 N–H and O–H groups in total. The predicted molar refractivity (Wildman–Crippen MR) is 61.2 cm³/mol. The summed E-state index contributed by atoms with van der Waals surface area (Å²) < 4.78 is 40.0. The molecule has 0 aliphatic carbocycles. The zero-order valence-corrected chi connectivity index (χ0v) is 10.9. The number of nitrogens with one attached hydrogen (secondary N) is 1. The van der Waals surface area contributed by atoms with Crippen molar-refractivity contribution in [1.82, 2.24) is 14.3 Å². The van der Waals surface area contributed by atoms with E-state index < -0.39 is 12.0 Å². The number of hydrogen-bond acceptors (Lipinski definition) is 5. The van der Waals surface area contributed by atoms with Crippen LogP contribution in [0, 0.1) is 0 Å². The van der Waals surface area contributed by atoms with Gasteiger partial charge in [0, 0.05) is 23.6 Å². The van der Waals surface area contributed by atoms with Crippen molar-refractivity contribution in [2.75, 3.05) is 26.0 Å². The molecule has 0 aromatic carbocycles. The van der Waals surface area contributed by atoms with Gasteiger partial charge in [0.15, 0.2) is 0 Å². The second-order valence-corrected chi connectivity index (χ2v) is 5.23. The van der Waals surface area contributed by atoms with Gasteiger partial charge in [-0.1, -0.05) is 0 Å². The lowest BCUT2D eigenvalue weighted by Gasteiger charge is -2.32. The number of hydrogen-bond donors (Lipinski definition) is 1. The molecule has 8 heteroatoms. The Balaban J connectivity index is 2.63. The van der Waals surface area contributed by atoms with Gasteiger partial charge in [-0.05, 0) is 27.9 Å². The van der Waals surface area contributed by atoms with Crippen LogP contribution in [0.1, 0.15) is 19.7 Å². The molecule has 0 spiro atoms. The average molecular weight is 268 g/mol. The summed E-state index contributed by atoms with van der Waals surface area (Å²) in [6, 6.07) is 0. The molecule has 0 bridgehead atoms. The van der Waals surface area contributed by atoms with Gasteiger partial charge < -0.3 is 10.2 Å². The van der Waals surface area contributed by atoms with Crippen molar-refractivity contribution in [3.63, 3.8) is 0 Å². The molecule has 1 aromatic rings. The van der Waals surface area contributed by atoms with Crippen LogP contribution in [0.3, 0.4) is 0 Å². The van der Waals surface area contributed by atoms with E-state index in [-0.39, 0.29) is 10.7 Å².